The zero-order valence-electron chi connectivity index (χ0n) is 11.0. The van der Waals surface area contributed by atoms with Crippen molar-refractivity contribution in [3.63, 3.8) is 0 Å². The van der Waals surface area contributed by atoms with Gasteiger partial charge < -0.3 is 15.1 Å². The first-order chi connectivity index (χ1) is 9.06. The average Bonchev–Trinajstić information content (AvgIpc) is 2.99. The minimum atomic E-state index is -0.190. The Balaban J connectivity index is 1.92. The predicted octanol–water partition coefficient (Wildman–Crippen LogP) is 0.549. The summed E-state index contributed by atoms with van der Waals surface area (Å²) in [5.41, 5.74) is 6.35. The number of hydrogen-bond donors (Lipinski definition) is 1. The highest BCUT2D eigenvalue weighted by Crippen LogP contribution is 2.06. The minimum absolute atomic E-state index is 0.0717. The van der Waals surface area contributed by atoms with Crippen molar-refractivity contribution in [1.29, 1.82) is 0 Å². The number of hydrogen-bond acceptors (Lipinski definition) is 5. The number of furan rings is 1. The van der Waals surface area contributed by atoms with E-state index in [9.17, 15) is 4.79 Å². The summed E-state index contributed by atoms with van der Waals surface area (Å²) in [5.74, 6) is 0.670. The van der Waals surface area contributed by atoms with E-state index in [4.69, 9.17) is 10.2 Å². The maximum Gasteiger partial charge on any atom is 0.244 e. The molecule has 0 radical (unpaired) electrons. The number of likely N-dealkylation sites (N-methyl/N-ethyl adjacent to an activating group) is 1. The molecule has 19 heavy (non-hydrogen) atoms. The van der Waals surface area contributed by atoms with Gasteiger partial charge in [-0.2, -0.15) is 0 Å². The van der Waals surface area contributed by atoms with Crippen LogP contribution >= 0.6 is 0 Å². The molecule has 102 valence electrons. The Morgan fingerprint density at radius 1 is 1.63 bits per heavy atom. The molecule has 0 saturated carbocycles. The lowest BCUT2D eigenvalue weighted by Crippen LogP contribution is -2.29. The molecule has 0 fully saturated rings. The number of aromatic nitrogens is 3. The van der Waals surface area contributed by atoms with Gasteiger partial charge in [-0.3, -0.25) is 4.79 Å². The lowest BCUT2D eigenvalue weighted by molar-refractivity contribution is -0.131. The SMILES string of the molecule is CC(N)c1cn(CC(=O)N(C)Cc2ccco2)nn1. The van der Waals surface area contributed by atoms with Gasteiger partial charge in [0, 0.05) is 13.1 Å². The van der Waals surface area contributed by atoms with Crippen molar-refractivity contribution in [3.05, 3.63) is 36.0 Å². The van der Waals surface area contributed by atoms with E-state index in [1.807, 2.05) is 13.0 Å². The summed E-state index contributed by atoms with van der Waals surface area (Å²) in [6.07, 6.45) is 3.27. The Morgan fingerprint density at radius 2 is 2.42 bits per heavy atom. The van der Waals surface area contributed by atoms with Crippen LogP contribution in [0.25, 0.3) is 0 Å². The van der Waals surface area contributed by atoms with Crippen LogP contribution < -0.4 is 5.73 Å². The van der Waals surface area contributed by atoms with Gasteiger partial charge >= 0.3 is 0 Å². The fourth-order valence-corrected chi connectivity index (χ4v) is 1.58. The molecule has 2 heterocycles. The molecule has 1 atom stereocenters. The van der Waals surface area contributed by atoms with Crippen molar-refractivity contribution >= 4 is 5.91 Å². The summed E-state index contributed by atoms with van der Waals surface area (Å²) in [4.78, 5) is 13.6. The van der Waals surface area contributed by atoms with Crippen LogP contribution in [0.1, 0.15) is 24.4 Å². The minimum Gasteiger partial charge on any atom is -0.467 e. The molecule has 2 aromatic rings. The number of rotatable bonds is 5. The van der Waals surface area contributed by atoms with E-state index < -0.39 is 0 Å². The van der Waals surface area contributed by atoms with Crippen molar-refractivity contribution in [2.45, 2.75) is 26.1 Å². The molecule has 0 bridgehead atoms. The van der Waals surface area contributed by atoms with Gasteiger partial charge in [0.05, 0.1) is 24.7 Å². The maximum atomic E-state index is 12.0. The van der Waals surface area contributed by atoms with Crippen LogP contribution in [0.4, 0.5) is 0 Å². The molecule has 1 unspecified atom stereocenters. The van der Waals surface area contributed by atoms with E-state index >= 15 is 0 Å². The van der Waals surface area contributed by atoms with Crippen molar-refractivity contribution in [3.8, 4) is 0 Å². The fraction of sp³-hybridized carbons (Fsp3) is 0.417. The summed E-state index contributed by atoms with van der Waals surface area (Å²) < 4.78 is 6.68. The molecule has 0 aromatic carbocycles. The standard InChI is InChI=1S/C12H17N5O2/c1-9(13)11-7-17(15-14-11)8-12(18)16(2)6-10-4-3-5-19-10/h3-5,7,9H,6,8,13H2,1-2H3. The Kier molecular flexibility index (Phi) is 3.96. The Bertz CT molecular complexity index is 532. The van der Waals surface area contributed by atoms with Crippen LogP contribution in [0, 0.1) is 0 Å². The molecule has 0 aliphatic rings. The van der Waals surface area contributed by atoms with Gasteiger partial charge in [-0.15, -0.1) is 5.10 Å². The molecule has 0 saturated heterocycles. The van der Waals surface area contributed by atoms with E-state index in [-0.39, 0.29) is 18.5 Å². The largest absolute Gasteiger partial charge is 0.467 e. The number of nitrogens with two attached hydrogens (primary N) is 1. The smallest absolute Gasteiger partial charge is 0.244 e. The summed E-state index contributed by atoms with van der Waals surface area (Å²) in [5, 5.41) is 7.78. The number of amides is 1. The number of carbonyl (C=O) groups is 1. The monoisotopic (exact) mass is 263 g/mol. The zero-order chi connectivity index (χ0) is 13.8. The van der Waals surface area contributed by atoms with Gasteiger partial charge in [-0.25, -0.2) is 4.68 Å². The maximum absolute atomic E-state index is 12.0. The lowest BCUT2D eigenvalue weighted by Gasteiger charge is -2.15. The molecule has 7 heteroatoms. The second-order valence-corrected chi connectivity index (χ2v) is 4.46. The number of carbonyl (C=O) groups excluding carboxylic acids is 1. The van der Waals surface area contributed by atoms with Crippen molar-refractivity contribution in [2.75, 3.05) is 7.05 Å². The predicted molar refractivity (Wildman–Crippen MR) is 67.8 cm³/mol. The molecular formula is C12H17N5O2. The molecule has 0 aliphatic heterocycles. The lowest BCUT2D eigenvalue weighted by atomic mass is 10.3. The number of nitrogens with zero attached hydrogens (tertiary/aromatic N) is 4. The first-order valence-corrected chi connectivity index (χ1v) is 5.98. The van der Waals surface area contributed by atoms with Crippen molar-refractivity contribution < 1.29 is 9.21 Å². The molecule has 2 aromatic heterocycles. The van der Waals surface area contributed by atoms with Crippen LogP contribution in [-0.2, 0) is 17.9 Å². The molecule has 0 aliphatic carbocycles. The average molecular weight is 263 g/mol. The second kappa shape index (κ2) is 5.66. The third kappa shape index (κ3) is 3.41. The normalized spacial score (nSPS) is 12.4. The molecule has 1 amide bonds. The summed E-state index contributed by atoms with van der Waals surface area (Å²) in [7, 11) is 1.72. The Hall–Kier alpha value is -2.15. The first-order valence-electron chi connectivity index (χ1n) is 5.98. The van der Waals surface area contributed by atoms with Crippen molar-refractivity contribution in [1.82, 2.24) is 19.9 Å². The van der Waals surface area contributed by atoms with Crippen LogP contribution in [0.5, 0.6) is 0 Å². The highest BCUT2D eigenvalue weighted by Gasteiger charge is 2.13. The summed E-state index contributed by atoms with van der Waals surface area (Å²) in [6, 6.07) is 3.43. The first kappa shape index (κ1) is 13.3. The van der Waals surface area contributed by atoms with E-state index in [0.29, 0.717) is 12.2 Å². The zero-order valence-corrected chi connectivity index (χ0v) is 11.0. The highest BCUT2D eigenvalue weighted by atomic mass is 16.3. The fourth-order valence-electron chi connectivity index (χ4n) is 1.58. The van der Waals surface area contributed by atoms with Gasteiger partial charge in [-0.05, 0) is 19.1 Å². The second-order valence-electron chi connectivity index (χ2n) is 4.46. The van der Waals surface area contributed by atoms with Gasteiger partial charge in [0.25, 0.3) is 0 Å². The Morgan fingerprint density at radius 3 is 3.00 bits per heavy atom. The quantitative estimate of drug-likeness (QED) is 0.850. The third-order valence-corrected chi connectivity index (χ3v) is 2.72. The third-order valence-electron chi connectivity index (χ3n) is 2.72. The molecule has 0 spiro atoms. The van der Waals surface area contributed by atoms with Crippen LogP contribution in [0.2, 0.25) is 0 Å². The molecular weight excluding hydrogens is 246 g/mol. The van der Waals surface area contributed by atoms with Gasteiger partial charge in [0.15, 0.2) is 0 Å². The Labute approximate surface area is 111 Å². The van der Waals surface area contributed by atoms with Crippen LogP contribution in [-0.4, -0.2) is 32.8 Å². The van der Waals surface area contributed by atoms with Gasteiger partial charge in [-0.1, -0.05) is 5.21 Å². The van der Waals surface area contributed by atoms with Crippen molar-refractivity contribution in [2.24, 2.45) is 5.73 Å². The van der Waals surface area contributed by atoms with E-state index in [1.54, 1.807) is 30.5 Å². The van der Waals surface area contributed by atoms with E-state index in [1.165, 1.54) is 4.68 Å². The van der Waals surface area contributed by atoms with Crippen LogP contribution in [0.15, 0.2) is 29.0 Å². The molecule has 2 rings (SSSR count). The topological polar surface area (TPSA) is 90.2 Å². The molecule has 7 nitrogen and oxygen atoms in total. The van der Waals surface area contributed by atoms with Crippen LogP contribution in [0.3, 0.4) is 0 Å². The summed E-state index contributed by atoms with van der Waals surface area (Å²) in [6.45, 7) is 2.39. The van der Waals surface area contributed by atoms with E-state index in [2.05, 4.69) is 10.3 Å². The summed E-state index contributed by atoms with van der Waals surface area (Å²) >= 11 is 0. The van der Waals surface area contributed by atoms with Gasteiger partial charge in [0.1, 0.15) is 12.3 Å². The van der Waals surface area contributed by atoms with Gasteiger partial charge in [0.2, 0.25) is 5.91 Å². The van der Waals surface area contributed by atoms with E-state index in [0.717, 1.165) is 5.76 Å². The molecule has 2 N–H and O–H groups in total. The highest BCUT2D eigenvalue weighted by molar-refractivity contribution is 5.75.